The zero-order chi connectivity index (χ0) is 13.4. The van der Waals surface area contributed by atoms with Crippen LogP contribution in [0, 0.1) is 5.41 Å². The van der Waals surface area contributed by atoms with Gasteiger partial charge in [-0.15, -0.1) is 0 Å². The molecule has 18 heavy (non-hydrogen) atoms. The molecule has 0 spiro atoms. The maximum atomic E-state index is 3.66. The summed E-state index contributed by atoms with van der Waals surface area (Å²) in [5, 5.41) is 3.66. The highest BCUT2D eigenvalue weighted by Gasteiger charge is 2.35. The fourth-order valence-electron chi connectivity index (χ4n) is 3.10. The van der Waals surface area contributed by atoms with E-state index in [0.717, 1.165) is 0 Å². The third-order valence-electron chi connectivity index (χ3n) is 4.34. The van der Waals surface area contributed by atoms with Crippen LogP contribution in [-0.2, 0) is 0 Å². The van der Waals surface area contributed by atoms with Crippen LogP contribution in [0.5, 0.6) is 0 Å². The van der Waals surface area contributed by atoms with Crippen molar-refractivity contribution in [2.45, 2.75) is 52.0 Å². The Balaban J connectivity index is 2.45. The van der Waals surface area contributed by atoms with Crippen molar-refractivity contribution in [2.75, 3.05) is 38.7 Å². The van der Waals surface area contributed by atoms with Gasteiger partial charge in [-0.05, 0) is 51.4 Å². The minimum atomic E-state index is 0.552. The molecule has 1 unspecified atom stereocenters. The Kier molecular flexibility index (Phi) is 7.66. The molecule has 0 aromatic heterocycles. The first kappa shape index (κ1) is 16.3. The molecule has 3 heteroatoms. The molecule has 1 aliphatic carbocycles. The van der Waals surface area contributed by atoms with Crippen molar-refractivity contribution < 1.29 is 0 Å². The van der Waals surface area contributed by atoms with Crippen LogP contribution in [0.25, 0.3) is 0 Å². The van der Waals surface area contributed by atoms with Crippen molar-refractivity contribution >= 4 is 11.8 Å². The molecular weight excluding hydrogens is 240 g/mol. The molecule has 0 aromatic rings. The second-order valence-corrected chi connectivity index (χ2v) is 7.01. The van der Waals surface area contributed by atoms with E-state index >= 15 is 0 Å². The highest BCUT2D eigenvalue weighted by atomic mass is 32.2. The molecule has 0 radical (unpaired) electrons. The molecule has 1 atom stereocenters. The number of thioether (sulfide) groups is 1. The van der Waals surface area contributed by atoms with Gasteiger partial charge in [-0.1, -0.05) is 19.8 Å². The Hall–Kier alpha value is 0.270. The van der Waals surface area contributed by atoms with Crippen molar-refractivity contribution in [3.8, 4) is 0 Å². The number of hydrogen-bond donors (Lipinski definition) is 1. The van der Waals surface area contributed by atoms with E-state index in [1.54, 1.807) is 0 Å². The van der Waals surface area contributed by atoms with Crippen molar-refractivity contribution in [2.24, 2.45) is 5.41 Å². The van der Waals surface area contributed by atoms with E-state index < -0.39 is 0 Å². The van der Waals surface area contributed by atoms with Gasteiger partial charge in [0.25, 0.3) is 0 Å². The smallest absolute Gasteiger partial charge is 0.0155 e. The second kappa shape index (κ2) is 8.44. The molecule has 1 N–H and O–H groups in total. The molecule has 1 aliphatic rings. The summed E-state index contributed by atoms with van der Waals surface area (Å²) in [6.07, 6.45) is 9.14. The Labute approximate surface area is 118 Å². The van der Waals surface area contributed by atoms with Crippen LogP contribution in [0.1, 0.15) is 46.0 Å². The Bertz CT molecular complexity index is 215. The number of nitrogens with one attached hydrogen (secondary N) is 1. The minimum Gasteiger partial charge on any atom is -0.316 e. The van der Waals surface area contributed by atoms with E-state index in [4.69, 9.17) is 0 Å². The molecule has 0 amide bonds. The topological polar surface area (TPSA) is 15.3 Å². The van der Waals surface area contributed by atoms with Gasteiger partial charge in [-0.3, -0.25) is 0 Å². The summed E-state index contributed by atoms with van der Waals surface area (Å²) in [4.78, 5) is 2.58. The molecule has 1 fully saturated rings. The molecule has 108 valence electrons. The van der Waals surface area contributed by atoms with E-state index in [2.05, 4.69) is 37.4 Å². The second-order valence-electron chi connectivity index (χ2n) is 6.10. The fourth-order valence-corrected chi connectivity index (χ4v) is 3.84. The lowest BCUT2D eigenvalue weighted by Crippen LogP contribution is -2.44. The summed E-state index contributed by atoms with van der Waals surface area (Å²) in [5.41, 5.74) is 0.552. The molecule has 0 saturated heterocycles. The summed E-state index contributed by atoms with van der Waals surface area (Å²) >= 11 is 1.96. The maximum Gasteiger partial charge on any atom is 0.0155 e. The molecule has 1 saturated carbocycles. The zero-order valence-electron chi connectivity index (χ0n) is 12.8. The molecule has 1 rings (SSSR count). The Morgan fingerprint density at radius 2 is 2.00 bits per heavy atom. The van der Waals surface area contributed by atoms with Crippen LogP contribution >= 0.6 is 11.8 Å². The summed E-state index contributed by atoms with van der Waals surface area (Å²) in [5.74, 6) is 1.25. The molecule has 0 heterocycles. The molecule has 0 aliphatic heterocycles. The van der Waals surface area contributed by atoms with Gasteiger partial charge in [-0.25, -0.2) is 0 Å². The van der Waals surface area contributed by atoms with Gasteiger partial charge in [0.05, 0.1) is 0 Å². The van der Waals surface area contributed by atoms with Gasteiger partial charge in [-0.2, -0.15) is 11.8 Å². The van der Waals surface area contributed by atoms with Gasteiger partial charge in [0, 0.05) is 24.9 Å². The largest absolute Gasteiger partial charge is 0.316 e. The third-order valence-corrected chi connectivity index (χ3v) is 5.15. The van der Waals surface area contributed by atoms with E-state index in [1.165, 1.54) is 57.5 Å². The average Bonchev–Trinajstić information content (AvgIpc) is 2.78. The Morgan fingerprint density at radius 1 is 1.33 bits per heavy atom. The van der Waals surface area contributed by atoms with Crippen molar-refractivity contribution in [3.63, 3.8) is 0 Å². The van der Waals surface area contributed by atoms with Crippen molar-refractivity contribution in [1.29, 1.82) is 0 Å². The van der Waals surface area contributed by atoms with Crippen LogP contribution in [-0.4, -0.2) is 49.6 Å². The van der Waals surface area contributed by atoms with E-state index in [9.17, 15) is 0 Å². The number of hydrogen-bond acceptors (Lipinski definition) is 3. The summed E-state index contributed by atoms with van der Waals surface area (Å²) in [6.45, 7) is 8.27. The zero-order valence-corrected chi connectivity index (χ0v) is 13.6. The van der Waals surface area contributed by atoms with Crippen LogP contribution < -0.4 is 5.32 Å². The van der Waals surface area contributed by atoms with Gasteiger partial charge in [0.15, 0.2) is 0 Å². The van der Waals surface area contributed by atoms with Crippen molar-refractivity contribution in [1.82, 2.24) is 10.2 Å². The monoisotopic (exact) mass is 272 g/mol. The summed E-state index contributed by atoms with van der Waals surface area (Å²) < 4.78 is 0. The predicted octanol–water partition coefficient (Wildman–Crippen LogP) is 3.23. The summed E-state index contributed by atoms with van der Waals surface area (Å²) in [7, 11) is 2.31. The van der Waals surface area contributed by atoms with E-state index in [0.29, 0.717) is 11.5 Å². The quantitative estimate of drug-likeness (QED) is 0.649. The predicted molar refractivity (Wildman–Crippen MR) is 84.5 cm³/mol. The van der Waals surface area contributed by atoms with E-state index in [-0.39, 0.29) is 0 Å². The summed E-state index contributed by atoms with van der Waals surface area (Å²) in [6, 6.07) is 0.698. The first-order valence-corrected chi connectivity index (χ1v) is 8.93. The van der Waals surface area contributed by atoms with Gasteiger partial charge in [0.2, 0.25) is 0 Å². The molecule has 0 bridgehead atoms. The van der Waals surface area contributed by atoms with Gasteiger partial charge < -0.3 is 10.2 Å². The standard InChI is InChI=1S/C15H32N2S/c1-5-10-16-12-15(8-6-7-9-15)13-17(3)14(2)11-18-4/h14,16H,5-13H2,1-4H3. The maximum absolute atomic E-state index is 3.66. The molecular formula is C15H32N2S. The lowest BCUT2D eigenvalue weighted by Gasteiger charge is -2.36. The van der Waals surface area contributed by atoms with Gasteiger partial charge >= 0.3 is 0 Å². The first-order chi connectivity index (χ1) is 8.63. The highest BCUT2D eigenvalue weighted by Crippen LogP contribution is 2.38. The molecule has 2 nitrogen and oxygen atoms in total. The number of rotatable bonds is 9. The van der Waals surface area contributed by atoms with Crippen LogP contribution in [0.3, 0.4) is 0 Å². The lowest BCUT2D eigenvalue weighted by atomic mass is 9.85. The fraction of sp³-hybridized carbons (Fsp3) is 1.00. The SMILES string of the molecule is CCCNCC1(CN(C)C(C)CSC)CCCC1. The first-order valence-electron chi connectivity index (χ1n) is 7.53. The van der Waals surface area contributed by atoms with Crippen LogP contribution in [0.2, 0.25) is 0 Å². The Morgan fingerprint density at radius 3 is 2.56 bits per heavy atom. The number of nitrogens with zero attached hydrogens (tertiary/aromatic N) is 1. The average molecular weight is 273 g/mol. The van der Waals surface area contributed by atoms with Crippen molar-refractivity contribution in [3.05, 3.63) is 0 Å². The molecule has 0 aromatic carbocycles. The normalized spacial score (nSPS) is 20.5. The van der Waals surface area contributed by atoms with Crippen LogP contribution in [0.4, 0.5) is 0 Å². The van der Waals surface area contributed by atoms with Crippen LogP contribution in [0.15, 0.2) is 0 Å². The van der Waals surface area contributed by atoms with Gasteiger partial charge in [0.1, 0.15) is 0 Å². The highest BCUT2D eigenvalue weighted by molar-refractivity contribution is 7.98. The van der Waals surface area contributed by atoms with E-state index in [1.807, 2.05) is 11.8 Å². The lowest BCUT2D eigenvalue weighted by molar-refractivity contribution is 0.149. The third kappa shape index (κ3) is 5.10. The minimum absolute atomic E-state index is 0.552.